The van der Waals surface area contributed by atoms with Crippen molar-refractivity contribution in [1.29, 1.82) is 0 Å². The number of piperidine rings is 1. The molecule has 0 spiro atoms. The number of benzene rings is 2. The fourth-order valence-corrected chi connectivity index (χ4v) is 4.44. The van der Waals surface area contributed by atoms with E-state index >= 15 is 0 Å². The fraction of sp³-hybridized carbons (Fsp3) is 0.348. The van der Waals surface area contributed by atoms with E-state index in [0.717, 1.165) is 32.5 Å². The molecular formula is C23H25N3. The highest BCUT2D eigenvalue weighted by molar-refractivity contribution is 5.90. The topological polar surface area (TPSA) is 37.0 Å². The molecule has 132 valence electrons. The van der Waals surface area contributed by atoms with Crippen LogP contribution in [0.5, 0.6) is 0 Å². The molecule has 26 heavy (non-hydrogen) atoms. The third-order valence-electron chi connectivity index (χ3n) is 5.80. The van der Waals surface area contributed by atoms with Crippen LogP contribution in [0.3, 0.4) is 0 Å². The molecule has 0 bridgehead atoms. The van der Waals surface area contributed by atoms with E-state index in [2.05, 4.69) is 59.2 Å². The van der Waals surface area contributed by atoms with Crippen LogP contribution in [0.15, 0.2) is 48.5 Å². The Kier molecular flexibility index (Phi) is 4.10. The summed E-state index contributed by atoms with van der Waals surface area (Å²) in [7, 11) is 0. The van der Waals surface area contributed by atoms with E-state index in [1.807, 2.05) is 0 Å². The van der Waals surface area contributed by atoms with Gasteiger partial charge < -0.3 is 10.6 Å². The Morgan fingerprint density at radius 2 is 1.81 bits per heavy atom. The molecule has 2 aliphatic rings. The van der Waals surface area contributed by atoms with Gasteiger partial charge in [0.05, 0.1) is 5.69 Å². The highest BCUT2D eigenvalue weighted by atomic mass is 14.9. The first-order chi connectivity index (χ1) is 12.9. The molecule has 2 N–H and O–H groups in total. The van der Waals surface area contributed by atoms with E-state index in [4.69, 9.17) is 4.98 Å². The van der Waals surface area contributed by atoms with Crippen LogP contribution >= 0.6 is 0 Å². The second-order valence-corrected chi connectivity index (χ2v) is 7.59. The molecule has 3 nitrogen and oxygen atoms in total. The molecule has 2 aliphatic heterocycles. The smallest absolute Gasteiger partial charge is 0.0517 e. The van der Waals surface area contributed by atoms with E-state index in [0.29, 0.717) is 5.92 Å². The van der Waals surface area contributed by atoms with Crippen LogP contribution in [-0.2, 0) is 12.8 Å². The summed E-state index contributed by atoms with van der Waals surface area (Å²) in [5, 5.41) is 9.74. The van der Waals surface area contributed by atoms with Gasteiger partial charge in [0.15, 0.2) is 0 Å². The Labute approximate surface area is 154 Å². The SMILES string of the molecule is c1ccc(Cc2cc3cc4c(cc3c(C3CCNCC3)n2)NCC4)cc1. The third-order valence-corrected chi connectivity index (χ3v) is 5.80. The van der Waals surface area contributed by atoms with E-state index < -0.39 is 0 Å². The lowest BCUT2D eigenvalue weighted by Crippen LogP contribution is -2.27. The van der Waals surface area contributed by atoms with Crippen LogP contribution in [0.2, 0.25) is 0 Å². The highest BCUT2D eigenvalue weighted by Crippen LogP contribution is 2.35. The molecule has 1 fully saturated rings. The second kappa shape index (κ2) is 6.73. The van der Waals surface area contributed by atoms with Crippen LogP contribution in [0.4, 0.5) is 5.69 Å². The predicted octanol–water partition coefficient (Wildman–Crippen LogP) is 4.26. The monoisotopic (exact) mass is 343 g/mol. The van der Waals surface area contributed by atoms with Crippen molar-refractivity contribution in [3.63, 3.8) is 0 Å². The minimum atomic E-state index is 0.564. The van der Waals surface area contributed by atoms with Crippen LogP contribution in [0.25, 0.3) is 10.8 Å². The summed E-state index contributed by atoms with van der Waals surface area (Å²) >= 11 is 0. The Balaban J connectivity index is 1.63. The average molecular weight is 343 g/mol. The maximum absolute atomic E-state index is 5.19. The largest absolute Gasteiger partial charge is 0.384 e. The third kappa shape index (κ3) is 2.97. The van der Waals surface area contributed by atoms with Crippen molar-refractivity contribution in [3.8, 4) is 0 Å². The van der Waals surface area contributed by atoms with E-state index in [-0.39, 0.29) is 0 Å². The number of pyridine rings is 1. The summed E-state index contributed by atoms with van der Waals surface area (Å²) in [6.07, 6.45) is 4.40. The van der Waals surface area contributed by atoms with Crippen LogP contribution in [-0.4, -0.2) is 24.6 Å². The summed E-state index contributed by atoms with van der Waals surface area (Å²) in [4.78, 5) is 5.19. The van der Waals surface area contributed by atoms with Gasteiger partial charge >= 0.3 is 0 Å². The van der Waals surface area contributed by atoms with Gasteiger partial charge in [0.25, 0.3) is 0 Å². The molecule has 2 aromatic carbocycles. The average Bonchev–Trinajstić information content (AvgIpc) is 3.14. The molecule has 3 aromatic rings. The molecule has 0 radical (unpaired) electrons. The molecule has 5 rings (SSSR count). The van der Waals surface area contributed by atoms with Crippen molar-refractivity contribution in [2.24, 2.45) is 0 Å². The standard InChI is InChI=1S/C23H25N3/c1-2-4-16(5-3-1)12-20-14-19-13-18-8-11-25-22(18)15-21(19)23(26-20)17-6-9-24-10-7-17/h1-5,13-15,17,24-25H,6-12H2. The number of aromatic nitrogens is 1. The molecule has 0 amide bonds. The summed E-state index contributed by atoms with van der Waals surface area (Å²) in [5.74, 6) is 0.564. The number of anilines is 1. The number of nitrogens with zero attached hydrogens (tertiary/aromatic N) is 1. The summed E-state index contributed by atoms with van der Waals surface area (Å²) in [6.45, 7) is 3.25. The zero-order valence-electron chi connectivity index (χ0n) is 15.1. The second-order valence-electron chi connectivity index (χ2n) is 7.59. The molecule has 0 saturated carbocycles. The lowest BCUT2D eigenvalue weighted by molar-refractivity contribution is 0.455. The Morgan fingerprint density at radius 3 is 2.65 bits per heavy atom. The molecule has 0 atom stereocenters. The first-order valence-electron chi connectivity index (χ1n) is 9.82. The van der Waals surface area contributed by atoms with Crippen molar-refractivity contribution in [3.05, 3.63) is 71.0 Å². The van der Waals surface area contributed by atoms with E-state index in [9.17, 15) is 0 Å². The van der Waals surface area contributed by atoms with E-state index in [1.165, 1.54) is 51.8 Å². The first kappa shape index (κ1) is 15.8. The minimum absolute atomic E-state index is 0.564. The fourth-order valence-electron chi connectivity index (χ4n) is 4.44. The van der Waals surface area contributed by atoms with Gasteiger partial charge in [-0.2, -0.15) is 0 Å². The Bertz CT molecular complexity index is 927. The van der Waals surface area contributed by atoms with E-state index in [1.54, 1.807) is 0 Å². The van der Waals surface area contributed by atoms with Crippen LogP contribution in [0.1, 0.15) is 41.3 Å². The van der Waals surface area contributed by atoms with Crippen LogP contribution < -0.4 is 10.6 Å². The zero-order valence-corrected chi connectivity index (χ0v) is 15.1. The number of hydrogen-bond acceptors (Lipinski definition) is 3. The molecule has 0 unspecified atom stereocenters. The van der Waals surface area contributed by atoms with Gasteiger partial charge in [0.2, 0.25) is 0 Å². The van der Waals surface area contributed by atoms with Gasteiger partial charge in [-0.05, 0) is 67.1 Å². The highest BCUT2D eigenvalue weighted by Gasteiger charge is 2.21. The van der Waals surface area contributed by atoms with Gasteiger partial charge in [-0.3, -0.25) is 4.98 Å². The van der Waals surface area contributed by atoms with Crippen molar-refractivity contribution >= 4 is 16.5 Å². The minimum Gasteiger partial charge on any atom is -0.384 e. The van der Waals surface area contributed by atoms with Crippen molar-refractivity contribution in [2.75, 3.05) is 25.0 Å². The van der Waals surface area contributed by atoms with Crippen molar-refractivity contribution < 1.29 is 0 Å². The quantitative estimate of drug-likeness (QED) is 0.746. The lowest BCUT2D eigenvalue weighted by atomic mass is 9.89. The maximum atomic E-state index is 5.19. The van der Waals surface area contributed by atoms with Gasteiger partial charge in [-0.15, -0.1) is 0 Å². The summed E-state index contributed by atoms with van der Waals surface area (Å²) in [5.41, 5.74) is 6.60. The number of nitrogens with one attached hydrogen (secondary N) is 2. The molecular weight excluding hydrogens is 318 g/mol. The molecule has 1 aromatic heterocycles. The Morgan fingerprint density at radius 1 is 0.962 bits per heavy atom. The first-order valence-corrected chi connectivity index (χ1v) is 9.82. The molecule has 0 aliphatic carbocycles. The summed E-state index contributed by atoms with van der Waals surface area (Å²) < 4.78 is 0. The molecule has 3 heteroatoms. The molecule has 3 heterocycles. The van der Waals surface area contributed by atoms with Crippen molar-refractivity contribution in [2.45, 2.75) is 31.6 Å². The normalized spacial score (nSPS) is 17.2. The number of fused-ring (bicyclic) bond motifs is 2. The predicted molar refractivity (Wildman–Crippen MR) is 108 cm³/mol. The zero-order chi connectivity index (χ0) is 17.3. The Hall–Kier alpha value is -2.39. The number of hydrogen-bond donors (Lipinski definition) is 2. The van der Waals surface area contributed by atoms with Crippen LogP contribution in [0, 0.1) is 0 Å². The van der Waals surface area contributed by atoms with Gasteiger partial charge in [0.1, 0.15) is 0 Å². The summed E-state index contributed by atoms with van der Waals surface area (Å²) in [6, 6.07) is 17.8. The molecule has 1 saturated heterocycles. The maximum Gasteiger partial charge on any atom is 0.0517 e. The van der Waals surface area contributed by atoms with Gasteiger partial charge in [-0.25, -0.2) is 0 Å². The van der Waals surface area contributed by atoms with Gasteiger partial charge in [0, 0.05) is 35.7 Å². The lowest BCUT2D eigenvalue weighted by Gasteiger charge is -2.24. The van der Waals surface area contributed by atoms with Crippen molar-refractivity contribution in [1.82, 2.24) is 10.3 Å². The number of rotatable bonds is 3. The van der Waals surface area contributed by atoms with Gasteiger partial charge in [-0.1, -0.05) is 30.3 Å².